The van der Waals surface area contributed by atoms with Crippen LogP contribution in [0.3, 0.4) is 0 Å². The Morgan fingerprint density at radius 1 is 1.32 bits per heavy atom. The van der Waals surface area contributed by atoms with Crippen LogP contribution in [0, 0.1) is 30.0 Å². The Labute approximate surface area is 114 Å². The van der Waals surface area contributed by atoms with E-state index in [9.17, 15) is 9.65 Å². The van der Waals surface area contributed by atoms with Crippen molar-refractivity contribution in [3.05, 3.63) is 29.6 Å². The Bertz CT molecular complexity index is 472. The zero-order valence-corrected chi connectivity index (χ0v) is 11.7. The molecular formula is C16H21FN2. The van der Waals surface area contributed by atoms with Gasteiger partial charge in [-0.2, -0.15) is 5.26 Å². The van der Waals surface area contributed by atoms with Crippen molar-refractivity contribution in [2.24, 2.45) is 5.92 Å². The molecule has 19 heavy (non-hydrogen) atoms. The topological polar surface area (TPSA) is 35.8 Å². The van der Waals surface area contributed by atoms with Crippen LogP contribution in [-0.4, -0.2) is 5.54 Å². The van der Waals surface area contributed by atoms with Crippen LogP contribution in [-0.2, 0) is 0 Å². The van der Waals surface area contributed by atoms with Gasteiger partial charge in [0.25, 0.3) is 0 Å². The average molecular weight is 260 g/mol. The summed E-state index contributed by atoms with van der Waals surface area (Å²) in [6.45, 7) is 4.10. The molecule has 1 fully saturated rings. The zero-order valence-electron chi connectivity index (χ0n) is 11.7. The zero-order chi connectivity index (χ0) is 13.9. The first-order valence-electron chi connectivity index (χ1n) is 7.00. The van der Waals surface area contributed by atoms with Crippen LogP contribution in [0.5, 0.6) is 0 Å². The van der Waals surface area contributed by atoms with E-state index >= 15 is 0 Å². The van der Waals surface area contributed by atoms with Crippen molar-refractivity contribution in [1.82, 2.24) is 0 Å². The number of anilines is 1. The summed E-state index contributed by atoms with van der Waals surface area (Å²) in [5, 5.41) is 12.8. The van der Waals surface area contributed by atoms with Gasteiger partial charge in [-0.3, -0.25) is 0 Å². The van der Waals surface area contributed by atoms with Gasteiger partial charge in [0.05, 0.1) is 6.07 Å². The molecular weight excluding hydrogens is 239 g/mol. The lowest BCUT2D eigenvalue weighted by molar-refractivity contribution is 0.479. The molecule has 0 bridgehead atoms. The van der Waals surface area contributed by atoms with Crippen molar-refractivity contribution in [2.75, 3.05) is 5.32 Å². The van der Waals surface area contributed by atoms with Crippen LogP contribution in [0.15, 0.2) is 18.2 Å². The molecule has 1 aromatic carbocycles. The lowest BCUT2D eigenvalue weighted by Gasteiger charge is -2.28. The highest BCUT2D eigenvalue weighted by molar-refractivity contribution is 5.50. The van der Waals surface area contributed by atoms with E-state index in [2.05, 4.69) is 18.3 Å². The summed E-state index contributed by atoms with van der Waals surface area (Å²) in [4.78, 5) is 0. The maximum Gasteiger partial charge on any atom is 0.125 e. The van der Waals surface area contributed by atoms with Gasteiger partial charge in [0.1, 0.15) is 11.4 Å². The van der Waals surface area contributed by atoms with Crippen LogP contribution in [0.2, 0.25) is 0 Å². The fourth-order valence-electron chi connectivity index (χ4n) is 2.86. The number of nitriles is 1. The summed E-state index contributed by atoms with van der Waals surface area (Å²) >= 11 is 0. The molecule has 0 saturated heterocycles. The lowest BCUT2D eigenvalue weighted by atomic mass is 9.91. The molecule has 0 radical (unpaired) electrons. The SMILES string of the molecule is Cc1cc(F)cc(NC2(C#N)CCCC(C)CC2)c1. The number of benzene rings is 1. The first-order chi connectivity index (χ1) is 9.03. The number of nitrogens with zero attached hydrogens (tertiary/aromatic N) is 1. The van der Waals surface area contributed by atoms with Crippen molar-refractivity contribution in [3.63, 3.8) is 0 Å². The Hall–Kier alpha value is -1.56. The molecule has 102 valence electrons. The third-order valence-electron chi connectivity index (χ3n) is 4.00. The van der Waals surface area contributed by atoms with Crippen LogP contribution in [0.1, 0.15) is 44.6 Å². The van der Waals surface area contributed by atoms with Gasteiger partial charge >= 0.3 is 0 Å². The van der Waals surface area contributed by atoms with Gasteiger partial charge in [0, 0.05) is 5.69 Å². The van der Waals surface area contributed by atoms with E-state index in [4.69, 9.17) is 0 Å². The van der Waals surface area contributed by atoms with Gasteiger partial charge < -0.3 is 5.32 Å². The highest BCUT2D eigenvalue weighted by Gasteiger charge is 2.32. The maximum atomic E-state index is 13.4. The van der Waals surface area contributed by atoms with Crippen molar-refractivity contribution in [2.45, 2.75) is 51.5 Å². The number of halogens is 1. The van der Waals surface area contributed by atoms with Gasteiger partial charge in [-0.25, -0.2) is 4.39 Å². The van der Waals surface area contributed by atoms with E-state index in [1.54, 1.807) is 0 Å². The van der Waals surface area contributed by atoms with Crippen LogP contribution < -0.4 is 5.32 Å². The van der Waals surface area contributed by atoms with Gasteiger partial charge in [-0.05, 0) is 62.3 Å². The smallest absolute Gasteiger partial charge is 0.125 e. The molecule has 0 aromatic heterocycles. The first-order valence-corrected chi connectivity index (χ1v) is 7.00. The number of nitrogens with one attached hydrogen (secondary N) is 1. The molecule has 1 aromatic rings. The number of hydrogen-bond acceptors (Lipinski definition) is 2. The second-order valence-corrected chi connectivity index (χ2v) is 5.87. The fourth-order valence-corrected chi connectivity index (χ4v) is 2.86. The molecule has 1 aliphatic carbocycles. The highest BCUT2D eigenvalue weighted by atomic mass is 19.1. The van der Waals surface area contributed by atoms with Crippen molar-refractivity contribution >= 4 is 5.69 Å². The van der Waals surface area contributed by atoms with E-state index in [0.717, 1.165) is 31.2 Å². The molecule has 0 amide bonds. The van der Waals surface area contributed by atoms with Gasteiger partial charge in [-0.15, -0.1) is 0 Å². The lowest BCUT2D eigenvalue weighted by Crippen LogP contribution is -2.36. The summed E-state index contributed by atoms with van der Waals surface area (Å²) in [6.07, 6.45) is 4.95. The molecule has 0 spiro atoms. The van der Waals surface area contributed by atoms with Crippen LogP contribution >= 0.6 is 0 Å². The third kappa shape index (κ3) is 3.47. The Balaban J connectivity index is 2.20. The van der Waals surface area contributed by atoms with Crippen LogP contribution in [0.4, 0.5) is 10.1 Å². The third-order valence-corrected chi connectivity index (χ3v) is 4.00. The van der Waals surface area contributed by atoms with E-state index in [-0.39, 0.29) is 5.82 Å². The van der Waals surface area contributed by atoms with E-state index in [1.165, 1.54) is 18.6 Å². The molecule has 2 atom stereocenters. The molecule has 1 N–H and O–H groups in total. The summed E-state index contributed by atoms with van der Waals surface area (Å²) in [5.41, 5.74) is 1.05. The summed E-state index contributed by atoms with van der Waals surface area (Å²) in [5.74, 6) is 0.420. The predicted octanol–water partition coefficient (Wildman–Crippen LogP) is 4.41. The summed E-state index contributed by atoms with van der Waals surface area (Å²) in [6, 6.07) is 7.30. The standard InChI is InChI=1S/C16H21FN2/c1-12-4-3-6-16(11-18,7-5-12)19-15-9-13(2)8-14(17)10-15/h8-10,12,19H,3-7H2,1-2H3. The monoisotopic (exact) mass is 260 g/mol. The predicted molar refractivity (Wildman–Crippen MR) is 75.4 cm³/mol. The van der Waals surface area contributed by atoms with E-state index in [1.807, 2.05) is 13.0 Å². The molecule has 2 nitrogen and oxygen atoms in total. The minimum absolute atomic E-state index is 0.252. The molecule has 2 rings (SSSR count). The summed E-state index contributed by atoms with van der Waals surface area (Å²) in [7, 11) is 0. The molecule has 1 aliphatic rings. The fraction of sp³-hybridized carbons (Fsp3) is 0.562. The first kappa shape index (κ1) is 13.9. The van der Waals surface area contributed by atoms with Crippen LogP contribution in [0.25, 0.3) is 0 Å². The molecule has 2 unspecified atom stereocenters. The second-order valence-electron chi connectivity index (χ2n) is 5.87. The Morgan fingerprint density at radius 3 is 2.79 bits per heavy atom. The second kappa shape index (κ2) is 5.61. The maximum absolute atomic E-state index is 13.4. The van der Waals surface area contributed by atoms with Gasteiger partial charge in [0.2, 0.25) is 0 Å². The number of hydrogen-bond donors (Lipinski definition) is 1. The Kier molecular flexibility index (Phi) is 4.09. The molecule has 3 heteroatoms. The minimum Gasteiger partial charge on any atom is -0.367 e. The normalized spacial score (nSPS) is 27.4. The Morgan fingerprint density at radius 2 is 2.11 bits per heavy atom. The summed E-state index contributed by atoms with van der Waals surface area (Å²) < 4.78 is 13.4. The minimum atomic E-state index is -0.537. The number of aryl methyl sites for hydroxylation is 1. The molecule has 0 heterocycles. The average Bonchev–Trinajstić information content (AvgIpc) is 2.51. The van der Waals surface area contributed by atoms with E-state index < -0.39 is 5.54 Å². The quantitative estimate of drug-likeness (QED) is 0.799. The largest absolute Gasteiger partial charge is 0.367 e. The van der Waals surface area contributed by atoms with Crippen molar-refractivity contribution in [1.29, 1.82) is 5.26 Å². The highest BCUT2D eigenvalue weighted by Crippen LogP contribution is 2.33. The van der Waals surface area contributed by atoms with Gasteiger partial charge in [0.15, 0.2) is 0 Å². The molecule has 1 saturated carbocycles. The molecule has 0 aliphatic heterocycles. The van der Waals surface area contributed by atoms with E-state index in [0.29, 0.717) is 11.6 Å². The van der Waals surface area contributed by atoms with Gasteiger partial charge in [-0.1, -0.05) is 13.3 Å². The number of rotatable bonds is 2. The van der Waals surface area contributed by atoms with Crippen molar-refractivity contribution in [3.8, 4) is 6.07 Å². The van der Waals surface area contributed by atoms with Crippen molar-refractivity contribution < 1.29 is 4.39 Å².